The van der Waals surface area contributed by atoms with E-state index < -0.39 is 23.4 Å². The van der Waals surface area contributed by atoms with Gasteiger partial charge in [-0.15, -0.1) is 11.8 Å². The third-order valence-corrected chi connectivity index (χ3v) is 4.68. The maximum Gasteiger partial charge on any atom is 0.250 e. The van der Waals surface area contributed by atoms with Crippen molar-refractivity contribution >= 4 is 35.2 Å². The minimum Gasteiger partial charge on any atom is -0.549 e. The molecule has 120 valence electrons. The minimum atomic E-state index is -1.32. The van der Waals surface area contributed by atoms with E-state index in [2.05, 4.69) is 0 Å². The number of ketones is 2. The molecule has 0 aromatic heterocycles. The molecule has 0 atom stereocenters. The number of hydrogen-bond donors (Lipinski definition) is 1. The minimum absolute atomic E-state index is 0.0745. The molecule has 2 aromatic rings. The maximum absolute atomic E-state index is 12.8. The van der Waals surface area contributed by atoms with Crippen molar-refractivity contribution in [3.63, 3.8) is 0 Å². The monoisotopic (exact) mass is 340 g/mol. The van der Waals surface area contributed by atoms with E-state index in [9.17, 15) is 24.3 Å². The lowest BCUT2D eigenvalue weighted by Gasteiger charge is -2.21. The number of carbonyl (C=O) groups excluding carboxylic acids is 4. The molecule has 2 N–H and O–H groups in total. The van der Waals surface area contributed by atoms with Crippen molar-refractivity contribution in [3.8, 4) is 0 Å². The first-order valence-corrected chi connectivity index (χ1v) is 7.88. The Labute approximate surface area is 140 Å². The van der Waals surface area contributed by atoms with Gasteiger partial charge in [0, 0.05) is 32.9 Å². The van der Waals surface area contributed by atoms with E-state index >= 15 is 0 Å². The van der Waals surface area contributed by atoms with Crippen molar-refractivity contribution in [1.82, 2.24) is 0 Å². The molecule has 1 amide bonds. The highest BCUT2D eigenvalue weighted by atomic mass is 32.2. The highest BCUT2D eigenvalue weighted by molar-refractivity contribution is 8.00. The van der Waals surface area contributed by atoms with Gasteiger partial charge in [0.1, 0.15) is 0 Å². The zero-order valence-corrected chi connectivity index (χ0v) is 13.0. The Hall–Kier alpha value is -2.93. The second kappa shape index (κ2) is 5.93. The van der Waals surface area contributed by atoms with Crippen LogP contribution >= 0.6 is 11.8 Å². The molecule has 0 saturated carbocycles. The summed E-state index contributed by atoms with van der Waals surface area (Å²) in [5.41, 5.74) is 5.73. The topological polar surface area (TPSA) is 117 Å². The standard InChI is InChI=1S/C17H11NO5S/c18-17(23)14-11(24-7-12(19)20)6-5-10-13(14)16(22)9-4-2-1-3-8(9)15(10)21/h1-6H,7H2,(H2,18,23)(H,19,20)/p-1. The summed E-state index contributed by atoms with van der Waals surface area (Å²) in [7, 11) is 0. The number of carbonyl (C=O) groups is 4. The number of carboxylic acids is 1. The first-order chi connectivity index (χ1) is 11.4. The number of benzene rings is 2. The summed E-state index contributed by atoms with van der Waals surface area (Å²) in [4.78, 5) is 48.1. The van der Waals surface area contributed by atoms with Crippen LogP contribution in [0, 0.1) is 0 Å². The first kappa shape index (κ1) is 15.9. The Kier molecular flexibility index (Phi) is 3.94. The molecule has 1 aliphatic rings. The van der Waals surface area contributed by atoms with Crippen molar-refractivity contribution in [2.24, 2.45) is 5.73 Å². The number of primary amides is 1. The zero-order chi connectivity index (χ0) is 17.4. The molecule has 2 aromatic carbocycles. The quantitative estimate of drug-likeness (QED) is 0.687. The van der Waals surface area contributed by atoms with Gasteiger partial charge in [-0.2, -0.15) is 0 Å². The van der Waals surface area contributed by atoms with E-state index in [0.717, 1.165) is 11.8 Å². The van der Waals surface area contributed by atoms with Gasteiger partial charge in [0.2, 0.25) is 0 Å². The fourth-order valence-corrected chi connectivity index (χ4v) is 3.45. The molecular formula is C17H10NO5S-. The number of thioether (sulfide) groups is 1. The molecule has 0 unspecified atom stereocenters. The molecule has 1 aliphatic carbocycles. The second-order valence-electron chi connectivity index (χ2n) is 5.09. The molecule has 0 radical (unpaired) electrons. The Morgan fingerprint density at radius 2 is 1.58 bits per heavy atom. The van der Waals surface area contributed by atoms with Crippen LogP contribution in [0.25, 0.3) is 0 Å². The molecule has 0 bridgehead atoms. The lowest BCUT2D eigenvalue weighted by atomic mass is 9.81. The average Bonchev–Trinajstić information content (AvgIpc) is 2.56. The smallest absolute Gasteiger partial charge is 0.250 e. The van der Waals surface area contributed by atoms with Crippen LogP contribution in [0.5, 0.6) is 0 Å². The zero-order valence-electron chi connectivity index (χ0n) is 12.2. The molecule has 7 heteroatoms. The number of carboxylic acid groups (broad SMARTS) is 1. The molecule has 0 spiro atoms. The predicted molar refractivity (Wildman–Crippen MR) is 84.0 cm³/mol. The van der Waals surface area contributed by atoms with E-state index in [1.807, 2.05) is 0 Å². The predicted octanol–water partition coefficient (Wildman–Crippen LogP) is 0.403. The van der Waals surface area contributed by atoms with Gasteiger partial charge in [-0.3, -0.25) is 14.4 Å². The van der Waals surface area contributed by atoms with E-state index in [1.54, 1.807) is 18.2 Å². The van der Waals surface area contributed by atoms with E-state index in [1.165, 1.54) is 18.2 Å². The Bertz CT molecular complexity index is 919. The van der Waals surface area contributed by atoms with Crippen LogP contribution in [0.2, 0.25) is 0 Å². The van der Waals surface area contributed by atoms with Gasteiger partial charge in [-0.05, 0) is 12.1 Å². The van der Waals surface area contributed by atoms with Gasteiger partial charge < -0.3 is 15.6 Å². The highest BCUT2D eigenvalue weighted by Crippen LogP contribution is 2.34. The van der Waals surface area contributed by atoms with Gasteiger partial charge in [0.15, 0.2) is 11.6 Å². The summed E-state index contributed by atoms with van der Waals surface area (Å²) < 4.78 is 0. The fourth-order valence-electron chi connectivity index (χ4n) is 2.67. The van der Waals surface area contributed by atoms with Gasteiger partial charge in [-0.25, -0.2) is 0 Å². The molecule has 24 heavy (non-hydrogen) atoms. The van der Waals surface area contributed by atoms with E-state index in [-0.39, 0.29) is 38.5 Å². The van der Waals surface area contributed by atoms with Crippen LogP contribution in [0.4, 0.5) is 0 Å². The molecular weight excluding hydrogens is 330 g/mol. The van der Waals surface area contributed by atoms with Gasteiger partial charge >= 0.3 is 0 Å². The molecule has 0 heterocycles. The molecule has 3 rings (SSSR count). The summed E-state index contributed by atoms with van der Waals surface area (Å²) >= 11 is 0.814. The van der Waals surface area contributed by atoms with Crippen LogP contribution in [-0.4, -0.2) is 29.2 Å². The average molecular weight is 340 g/mol. The van der Waals surface area contributed by atoms with Crippen molar-refractivity contribution in [2.45, 2.75) is 4.90 Å². The Morgan fingerprint density at radius 3 is 2.17 bits per heavy atom. The lowest BCUT2D eigenvalue weighted by Crippen LogP contribution is -2.27. The van der Waals surface area contributed by atoms with Crippen molar-refractivity contribution in [1.29, 1.82) is 0 Å². The van der Waals surface area contributed by atoms with Crippen molar-refractivity contribution in [2.75, 3.05) is 5.75 Å². The van der Waals surface area contributed by atoms with Crippen LogP contribution in [0.15, 0.2) is 41.3 Å². The maximum atomic E-state index is 12.8. The van der Waals surface area contributed by atoms with Crippen molar-refractivity contribution < 1.29 is 24.3 Å². The summed E-state index contributed by atoms with van der Waals surface area (Å²) in [6.07, 6.45) is 0. The Morgan fingerprint density at radius 1 is 0.958 bits per heavy atom. The normalized spacial score (nSPS) is 12.5. The molecule has 0 saturated heterocycles. The molecule has 0 fully saturated rings. The fraction of sp³-hybridized carbons (Fsp3) is 0.0588. The lowest BCUT2D eigenvalue weighted by molar-refractivity contribution is -0.301. The van der Waals surface area contributed by atoms with Crippen LogP contribution in [0.1, 0.15) is 42.2 Å². The number of hydrogen-bond acceptors (Lipinski definition) is 6. The molecule has 6 nitrogen and oxygen atoms in total. The largest absolute Gasteiger partial charge is 0.549 e. The van der Waals surface area contributed by atoms with Gasteiger partial charge in [0.25, 0.3) is 5.91 Å². The van der Waals surface area contributed by atoms with Crippen LogP contribution in [-0.2, 0) is 4.79 Å². The third kappa shape index (κ3) is 2.48. The number of rotatable bonds is 4. The van der Waals surface area contributed by atoms with E-state index in [0.29, 0.717) is 0 Å². The summed E-state index contributed by atoms with van der Waals surface area (Å²) in [5.74, 6) is -3.48. The Balaban J connectivity index is 2.23. The second-order valence-corrected chi connectivity index (χ2v) is 6.11. The summed E-state index contributed by atoms with van der Waals surface area (Å²) in [6, 6.07) is 9.15. The SMILES string of the molecule is NC(=O)c1c(SCC(=O)[O-])ccc2c1C(=O)c1ccccc1C2=O. The van der Waals surface area contributed by atoms with Gasteiger partial charge in [-0.1, -0.05) is 24.3 Å². The van der Waals surface area contributed by atoms with Crippen LogP contribution in [0.3, 0.4) is 0 Å². The number of aliphatic carboxylic acids is 1. The first-order valence-electron chi connectivity index (χ1n) is 6.89. The number of amides is 1. The van der Waals surface area contributed by atoms with Crippen molar-refractivity contribution in [3.05, 3.63) is 64.2 Å². The summed E-state index contributed by atoms with van der Waals surface area (Å²) in [5, 5.41) is 10.7. The number of nitrogens with two attached hydrogens (primary N) is 1. The number of fused-ring (bicyclic) bond motifs is 2. The third-order valence-electron chi connectivity index (χ3n) is 3.65. The summed E-state index contributed by atoms with van der Waals surface area (Å²) in [6.45, 7) is 0. The van der Waals surface area contributed by atoms with E-state index in [4.69, 9.17) is 5.73 Å². The van der Waals surface area contributed by atoms with Gasteiger partial charge in [0.05, 0.1) is 11.5 Å². The van der Waals surface area contributed by atoms with Crippen LogP contribution < -0.4 is 10.8 Å². The molecule has 0 aliphatic heterocycles. The highest BCUT2D eigenvalue weighted by Gasteiger charge is 2.33.